The third-order valence-corrected chi connectivity index (χ3v) is 5.60. The SMILES string of the molecule is CN=C(NCCc1csc(C(C)C)n1)N1CCOC(c2cnn(C)c2)C1.I. The molecule has 1 unspecified atom stereocenters. The first kappa shape index (κ1) is 22.1. The summed E-state index contributed by atoms with van der Waals surface area (Å²) >= 11 is 1.75. The number of guanidine groups is 1. The molecule has 0 aliphatic carbocycles. The largest absolute Gasteiger partial charge is 0.370 e. The molecule has 0 radical (unpaired) electrons. The van der Waals surface area contributed by atoms with E-state index < -0.39 is 0 Å². The van der Waals surface area contributed by atoms with E-state index in [1.54, 1.807) is 11.3 Å². The Morgan fingerprint density at radius 3 is 2.93 bits per heavy atom. The summed E-state index contributed by atoms with van der Waals surface area (Å²) in [6.07, 6.45) is 4.82. The van der Waals surface area contributed by atoms with Crippen molar-refractivity contribution >= 4 is 41.3 Å². The predicted molar refractivity (Wildman–Crippen MR) is 120 cm³/mol. The van der Waals surface area contributed by atoms with Crippen molar-refractivity contribution in [2.75, 3.05) is 33.3 Å². The summed E-state index contributed by atoms with van der Waals surface area (Å²) < 4.78 is 7.72. The Hall–Kier alpha value is -1.20. The van der Waals surface area contributed by atoms with Crippen molar-refractivity contribution in [2.24, 2.45) is 12.0 Å². The van der Waals surface area contributed by atoms with Gasteiger partial charge in [-0.2, -0.15) is 5.10 Å². The van der Waals surface area contributed by atoms with Crippen LogP contribution in [-0.4, -0.2) is 58.9 Å². The molecule has 2 aromatic heterocycles. The molecule has 9 heteroatoms. The first-order valence-corrected chi connectivity index (χ1v) is 9.94. The molecule has 3 heterocycles. The minimum absolute atomic E-state index is 0. The maximum Gasteiger partial charge on any atom is 0.193 e. The van der Waals surface area contributed by atoms with E-state index in [0.717, 1.165) is 43.3 Å². The van der Waals surface area contributed by atoms with Gasteiger partial charge in [-0.3, -0.25) is 9.67 Å². The number of nitrogens with zero attached hydrogens (tertiary/aromatic N) is 5. The molecule has 0 amide bonds. The zero-order chi connectivity index (χ0) is 18.5. The minimum Gasteiger partial charge on any atom is -0.370 e. The van der Waals surface area contributed by atoms with Gasteiger partial charge in [-0.1, -0.05) is 13.8 Å². The second-order valence-electron chi connectivity index (χ2n) is 6.81. The van der Waals surface area contributed by atoms with Gasteiger partial charge in [-0.25, -0.2) is 4.98 Å². The standard InChI is InChI=1S/C18H28N6OS.HI/c1-13(2)17-22-15(12-26-17)5-6-20-18(19-3)24-7-8-25-16(11-24)14-9-21-23(4)10-14;/h9-10,12-13,16H,5-8,11H2,1-4H3,(H,19,20);1H. The van der Waals surface area contributed by atoms with Crippen LogP contribution in [0.3, 0.4) is 0 Å². The molecule has 0 bridgehead atoms. The first-order valence-electron chi connectivity index (χ1n) is 9.07. The van der Waals surface area contributed by atoms with E-state index in [1.165, 1.54) is 5.01 Å². The van der Waals surface area contributed by atoms with Gasteiger partial charge in [0.15, 0.2) is 5.96 Å². The fourth-order valence-electron chi connectivity index (χ4n) is 2.99. The Morgan fingerprint density at radius 1 is 1.48 bits per heavy atom. The molecule has 1 N–H and O–H groups in total. The van der Waals surface area contributed by atoms with Crippen LogP contribution in [0.15, 0.2) is 22.8 Å². The van der Waals surface area contributed by atoms with Gasteiger partial charge in [0.05, 0.1) is 30.1 Å². The number of hydrogen-bond donors (Lipinski definition) is 1. The van der Waals surface area contributed by atoms with Gasteiger partial charge in [0, 0.05) is 56.7 Å². The van der Waals surface area contributed by atoms with Crippen LogP contribution in [-0.2, 0) is 18.2 Å². The second kappa shape index (κ2) is 10.4. The van der Waals surface area contributed by atoms with E-state index >= 15 is 0 Å². The van der Waals surface area contributed by atoms with Gasteiger partial charge in [0.25, 0.3) is 0 Å². The fourth-order valence-corrected chi connectivity index (χ4v) is 3.86. The highest BCUT2D eigenvalue weighted by molar-refractivity contribution is 14.0. The molecule has 1 fully saturated rings. The van der Waals surface area contributed by atoms with Crippen LogP contribution < -0.4 is 5.32 Å². The molecule has 1 aliphatic rings. The number of thiazole rings is 1. The Kier molecular flexibility index (Phi) is 8.49. The number of halogens is 1. The number of morpholine rings is 1. The number of aromatic nitrogens is 3. The van der Waals surface area contributed by atoms with Gasteiger partial charge in [0.1, 0.15) is 6.10 Å². The molecule has 1 aliphatic heterocycles. The minimum atomic E-state index is 0. The summed E-state index contributed by atoms with van der Waals surface area (Å²) in [4.78, 5) is 11.4. The van der Waals surface area contributed by atoms with Crippen LogP contribution in [0, 0.1) is 0 Å². The number of nitrogens with one attached hydrogen (secondary N) is 1. The quantitative estimate of drug-likeness (QED) is 0.386. The topological polar surface area (TPSA) is 67.6 Å². The van der Waals surface area contributed by atoms with Crippen molar-refractivity contribution < 1.29 is 4.74 Å². The molecule has 2 aromatic rings. The summed E-state index contributed by atoms with van der Waals surface area (Å²) in [5.74, 6) is 1.41. The summed E-state index contributed by atoms with van der Waals surface area (Å²) in [7, 11) is 3.75. The molecular weight excluding hydrogens is 475 g/mol. The second-order valence-corrected chi connectivity index (χ2v) is 7.70. The normalized spacial score (nSPS) is 17.9. The molecule has 1 saturated heterocycles. The van der Waals surface area contributed by atoms with Gasteiger partial charge in [-0.15, -0.1) is 35.3 Å². The van der Waals surface area contributed by atoms with Gasteiger partial charge < -0.3 is 15.0 Å². The molecular formula is C18H29IN6OS. The Morgan fingerprint density at radius 2 is 2.30 bits per heavy atom. The monoisotopic (exact) mass is 504 g/mol. The van der Waals surface area contributed by atoms with Gasteiger partial charge >= 0.3 is 0 Å². The van der Waals surface area contributed by atoms with E-state index in [9.17, 15) is 0 Å². The molecule has 27 heavy (non-hydrogen) atoms. The lowest BCUT2D eigenvalue weighted by Gasteiger charge is -2.34. The van der Waals surface area contributed by atoms with E-state index in [-0.39, 0.29) is 30.1 Å². The highest BCUT2D eigenvalue weighted by Gasteiger charge is 2.25. The maximum atomic E-state index is 5.91. The Bertz CT molecular complexity index is 744. The van der Waals surface area contributed by atoms with E-state index in [4.69, 9.17) is 9.72 Å². The highest BCUT2D eigenvalue weighted by Crippen LogP contribution is 2.22. The third kappa shape index (κ3) is 5.89. The Balaban J connectivity index is 0.00000261. The molecule has 7 nitrogen and oxygen atoms in total. The lowest BCUT2D eigenvalue weighted by molar-refractivity contribution is -0.00801. The molecule has 0 aromatic carbocycles. The maximum absolute atomic E-state index is 5.91. The Labute approximate surface area is 182 Å². The summed E-state index contributed by atoms with van der Waals surface area (Å²) in [6, 6.07) is 0. The average Bonchev–Trinajstić information content (AvgIpc) is 3.28. The average molecular weight is 504 g/mol. The van der Waals surface area contributed by atoms with E-state index in [2.05, 4.69) is 39.5 Å². The van der Waals surface area contributed by atoms with Crippen LogP contribution in [0.1, 0.15) is 42.1 Å². The number of ether oxygens (including phenoxy) is 1. The molecule has 0 saturated carbocycles. The predicted octanol–water partition coefficient (Wildman–Crippen LogP) is 2.81. The van der Waals surface area contributed by atoms with Gasteiger partial charge in [0.2, 0.25) is 0 Å². The van der Waals surface area contributed by atoms with Crippen LogP contribution in [0.5, 0.6) is 0 Å². The van der Waals surface area contributed by atoms with Crippen molar-refractivity contribution in [1.82, 2.24) is 25.0 Å². The summed E-state index contributed by atoms with van der Waals surface area (Å²) in [5.41, 5.74) is 2.26. The third-order valence-electron chi connectivity index (χ3n) is 4.40. The lowest BCUT2D eigenvalue weighted by atomic mass is 10.1. The van der Waals surface area contributed by atoms with Crippen molar-refractivity contribution in [3.8, 4) is 0 Å². The van der Waals surface area contributed by atoms with Crippen molar-refractivity contribution in [1.29, 1.82) is 0 Å². The van der Waals surface area contributed by atoms with E-state index in [1.807, 2.05) is 31.2 Å². The van der Waals surface area contributed by atoms with Crippen LogP contribution in [0.2, 0.25) is 0 Å². The van der Waals surface area contributed by atoms with Crippen molar-refractivity contribution in [2.45, 2.75) is 32.3 Å². The van der Waals surface area contributed by atoms with Crippen LogP contribution >= 0.6 is 35.3 Å². The van der Waals surface area contributed by atoms with Crippen molar-refractivity contribution in [3.05, 3.63) is 34.0 Å². The lowest BCUT2D eigenvalue weighted by Crippen LogP contribution is -2.48. The summed E-state index contributed by atoms with van der Waals surface area (Å²) in [6.45, 7) is 7.48. The smallest absolute Gasteiger partial charge is 0.193 e. The number of rotatable bonds is 5. The molecule has 3 rings (SSSR count). The number of aliphatic imine (C=N–C) groups is 1. The fraction of sp³-hybridized carbons (Fsp3) is 0.611. The molecule has 1 atom stereocenters. The number of aryl methyl sites for hydroxylation is 1. The zero-order valence-corrected chi connectivity index (χ0v) is 19.5. The number of hydrogen-bond acceptors (Lipinski definition) is 5. The van der Waals surface area contributed by atoms with Crippen LogP contribution in [0.25, 0.3) is 0 Å². The highest BCUT2D eigenvalue weighted by atomic mass is 127. The van der Waals surface area contributed by atoms with Crippen molar-refractivity contribution in [3.63, 3.8) is 0 Å². The van der Waals surface area contributed by atoms with E-state index in [0.29, 0.717) is 12.5 Å². The molecule has 0 spiro atoms. The first-order chi connectivity index (χ1) is 12.6. The van der Waals surface area contributed by atoms with Crippen LogP contribution in [0.4, 0.5) is 0 Å². The van der Waals surface area contributed by atoms with Gasteiger partial charge in [-0.05, 0) is 0 Å². The molecule has 150 valence electrons. The summed E-state index contributed by atoms with van der Waals surface area (Å²) in [5, 5.41) is 11.1. The zero-order valence-electron chi connectivity index (χ0n) is 16.4.